The number of benzene rings is 1. The molecule has 2 heterocycles. The van der Waals surface area contributed by atoms with E-state index in [0.717, 1.165) is 51.3 Å². The molecule has 0 aromatic heterocycles. The number of piperidine rings is 1. The normalized spacial score (nSPS) is 23.3. The Morgan fingerprint density at radius 1 is 1.35 bits per heavy atom. The van der Waals surface area contributed by atoms with Gasteiger partial charge in [-0.25, -0.2) is 0 Å². The van der Waals surface area contributed by atoms with Crippen molar-refractivity contribution in [2.45, 2.75) is 31.7 Å². The number of hydrogen-bond donors (Lipinski definition) is 2. The molecule has 1 amide bonds. The minimum Gasteiger partial charge on any atom is -0.492 e. The molecule has 0 spiro atoms. The summed E-state index contributed by atoms with van der Waals surface area (Å²) < 4.78 is 5.79. The maximum absolute atomic E-state index is 12.1. The van der Waals surface area contributed by atoms with Crippen LogP contribution in [0.15, 0.2) is 24.3 Å². The summed E-state index contributed by atoms with van der Waals surface area (Å²) in [6, 6.07) is 7.53. The standard InChI is InChI=1S/C19H28ClN3O2.ClH/c20-16-5-1-6-17(12-16)25-11-10-23-9-3-4-15(14-23)13-22-19(24)18-7-2-8-21-18;/h1,5-6,12,15,18,21H,2-4,7-11,13-14H2,(H,22,24);1H. The number of likely N-dealkylation sites (tertiary alicyclic amines) is 1. The third-order valence-electron chi connectivity index (χ3n) is 5.02. The highest BCUT2D eigenvalue weighted by atomic mass is 35.5. The minimum absolute atomic E-state index is 0. The van der Waals surface area contributed by atoms with E-state index in [9.17, 15) is 4.79 Å². The SMILES string of the molecule is Cl.O=C(NCC1CCCN(CCOc2cccc(Cl)c2)C1)C1CCCN1. The first kappa shape index (κ1) is 21.3. The molecule has 2 unspecified atom stereocenters. The first-order valence-electron chi connectivity index (χ1n) is 9.32. The van der Waals surface area contributed by atoms with Crippen molar-refractivity contribution < 1.29 is 9.53 Å². The summed E-state index contributed by atoms with van der Waals surface area (Å²) in [7, 11) is 0. The second-order valence-electron chi connectivity index (χ2n) is 7.01. The molecule has 3 rings (SSSR count). The lowest BCUT2D eigenvalue weighted by Crippen LogP contribution is -2.46. The predicted octanol–water partition coefficient (Wildman–Crippen LogP) is 2.72. The van der Waals surface area contributed by atoms with Crippen molar-refractivity contribution in [2.75, 3.05) is 39.3 Å². The van der Waals surface area contributed by atoms with Crippen molar-refractivity contribution in [1.82, 2.24) is 15.5 Å². The Labute approximate surface area is 167 Å². The molecule has 0 aliphatic carbocycles. The van der Waals surface area contributed by atoms with Crippen LogP contribution in [0, 0.1) is 5.92 Å². The zero-order valence-corrected chi connectivity index (χ0v) is 16.7. The van der Waals surface area contributed by atoms with E-state index in [4.69, 9.17) is 16.3 Å². The van der Waals surface area contributed by atoms with Crippen molar-refractivity contribution in [3.05, 3.63) is 29.3 Å². The molecule has 146 valence electrons. The van der Waals surface area contributed by atoms with Gasteiger partial charge in [0.1, 0.15) is 12.4 Å². The Balaban J connectivity index is 0.00000243. The van der Waals surface area contributed by atoms with Crippen LogP contribution in [0.2, 0.25) is 5.02 Å². The quantitative estimate of drug-likeness (QED) is 0.737. The summed E-state index contributed by atoms with van der Waals surface area (Å²) in [6.45, 7) is 5.43. The molecule has 26 heavy (non-hydrogen) atoms. The maximum Gasteiger partial charge on any atom is 0.237 e. The molecule has 2 N–H and O–H groups in total. The van der Waals surface area contributed by atoms with Gasteiger partial charge in [-0.3, -0.25) is 9.69 Å². The van der Waals surface area contributed by atoms with Gasteiger partial charge in [-0.1, -0.05) is 17.7 Å². The Morgan fingerprint density at radius 2 is 2.23 bits per heavy atom. The van der Waals surface area contributed by atoms with Crippen LogP contribution in [0.25, 0.3) is 0 Å². The third kappa shape index (κ3) is 6.62. The van der Waals surface area contributed by atoms with Crippen LogP contribution >= 0.6 is 24.0 Å². The molecular formula is C19H29Cl2N3O2. The van der Waals surface area contributed by atoms with Crippen LogP contribution in [0.5, 0.6) is 5.75 Å². The predicted molar refractivity (Wildman–Crippen MR) is 107 cm³/mol. The van der Waals surface area contributed by atoms with E-state index in [-0.39, 0.29) is 24.4 Å². The van der Waals surface area contributed by atoms with Crippen molar-refractivity contribution in [3.8, 4) is 5.75 Å². The summed E-state index contributed by atoms with van der Waals surface area (Å²) in [5.74, 6) is 1.52. The van der Waals surface area contributed by atoms with Gasteiger partial charge in [0.15, 0.2) is 0 Å². The lowest BCUT2D eigenvalue weighted by Gasteiger charge is -2.32. The fourth-order valence-electron chi connectivity index (χ4n) is 3.65. The molecule has 0 bridgehead atoms. The van der Waals surface area contributed by atoms with Gasteiger partial charge in [0.25, 0.3) is 0 Å². The van der Waals surface area contributed by atoms with Crippen LogP contribution in [-0.2, 0) is 4.79 Å². The van der Waals surface area contributed by atoms with Gasteiger partial charge in [-0.05, 0) is 62.9 Å². The number of ether oxygens (including phenoxy) is 1. The van der Waals surface area contributed by atoms with Gasteiger partial charge in [-0.15, -0.1) is 12.4 Å². The summed E-state index contributed by atoms with van der Waals surface area (Å²) in [5.41, 5.74) is 0. The number of hydrogen-bond acceptors (Lipinski definition) is 4. The van der Waals surface area contributed by atoms with Crippen LogP contribution < -0.4 is 15.4 Å². The van der Waals surface area contributed by atoms with Crippen LogP contribution in [0.4, 0.5) is 0 Å². The van der Waals surface area contributed by atoms with Crippen molar-refractivity contribution in [2.24, 2.45) is 5.92 Å². The third-order valence-corrected chi connectivity index (χ3v) is 5.25. The van der Waals surface area contributed by atoms with E-state index < -0.39 is 0 Å². The van der Waals surface area contributed by atoms with Gasteiger partial charge in [-0.2, -0.15) is 0 Å². The largest absolute Gasteiger partial charge is 0.492 e. The van der Waals surface area contributed by atoms with Crippen LogP contribution in [0.3, 0.4) is 0 Å². The minimum atomic E-state index is 0. The summed E-state index contributed by atoms with van der Waals surface area (Å²) in [4.78, 5) is 14.5. The summed E-state index contributed by atoms with van der Waals surface area (Å²) in [6.07, 6.45) is 4.43. The molecular weight excluding hydrogens is 373 g/mol. The molecule has 1 aromatic carbocycles. The Bertz CT molecular complexity index is 567. The first-order valence-corrected chi connectivity index (χ1v) is 9.70. The maximum atomic E-state index is 12.1. The average molecular weight is 402 g/mol. The topological polar surface area (TPSA) is 53.6 Å². The summed E-state index contributed by atoms with van der Waals surface area (Å²) in [5, 5.41) is 7.08. The first-order chi connectivity index (χ1) is 12.2. The highest BCUT2D eigenvalue weighted by Crippen LogP contribution is 2.18. The van der Waals surface area contributed by atoms with E-state index in [1.807, 2.05) is 24.3 Å². The van der Waals surface area contributed by atoms with Crippen molar-refractivity contribution >= 4 is 29.9 Å². The fourth-order valence-corrected chi connectivity index (χ4v) is 3.83. The molecule has 2 atom stereocenters. The number of carbonyl (C=O) groups is 1. The number of carbonyl (C=O) groups excluding carboxylic acids is 1. The van der Waals surface area contributed by atoms with Crippen LogP contribution in [-0.4, -0.2) is 56.2 Å². The van der Waals surface area contributed by atoms with Gasteiger partial charge < -0.3 is 15.4 Å². The lowest BCUT2D eigenvalue weighted by molar-refractivity contribution is -0.123. The Hall–Kier alpha value is -1.01. The van der Waals surface area contributed by atoms with E-state index >= 15 is 0 Å². The second kappa shape index (κ2) is 11.0. The second-order valence-corrected chi connectivity index (χ2v) is 7.45. The van der Waals surface area contributed by atoms with Gasteiger partial charge in [0.05, 0.1) is 6.04 Å². The highest BCUT2D eigenvalue weighted by Gasteiger charge is 2.24. The van der Waals surface area contributed by atoms with Crippen molar-refractivity contribution in [1.29, 1.82) is 0 Å². The number of amides is 1. The van der Waals surface area contributed by atoms with Crippen LogP contribution in [0.1, 0.15) is 25.7 Å². The molecule has 1 aromatic rings. The highest BCUT2D eigenvalue weighted by molar-refractivity contribution is 6.30. The zero-order valence-electron chi connectivity index (χ0n) is 15.1. The molecule has 2 fully saturated rings. The molecule has 0 radical (unpaired) electrons. The van der Waals surface area contributed by atoms with E-state index in [1.165, 1.54) is 12.8 Å². The molecule has 2 aliphatic heterocycles. The Morgan fingerprint density at radius 3 is 3.00 bits per heavy atom. The van der Waals surface area contributed by atoms with E-state index in [0.29, 0.717) is 17.5 Å². The van der Waals surface area contributed by atoms with Gasteiger partial charge >= 0.3 is 0 Å². The van der Waals surface area contributed by atoms with Gasteiger partial charge in [0, 0.05) is 24.7 Å². The molecule has 2 saturated heterocycles. The molecule has 0 saturated carbocycles. The number of halogens is 2. The van der Waals surface area contributed by atoms with E-state index in [2.05, 4.69) is 15.5 Å². The fraction of sp³-hybridized carbons (Fsp3) is 0.632. The molecule has 5 nitrogen and oxygen atoms in total. The Kier molecular flexibility index (Phi) is 8.99. The zero-order chi connectivity index (χ0) is 17.5. The monoisotopic (exact) mass is 401 g/mol. The smallest absolute Gasteiger partial charge is 0.237 e. The average Bonchev–Trinajstić information content (AvgIpc) is 3.15. The molecule has 2 aliphatic rings. The lowest BCUT2D eigenvalue weighted by atomic mass is 9.98. The summed E-state index contributed by atoms with van der Waals surface area (Å²) >= 11 is 5.97. The molecule has 7 heteroatoms. The number of nitrogens with zero attached hydrogens (tertiary/aromatic N) is 1. The number of nitrogens with one attached hydrogen (secondary N) is 2. The van der Waals surface area contributed by atoms with Gasteiger partial charge in [0.2, 0.25) is 5.91 Å². The number of rotatable bonds is 7. The van der Waals surface area contributed by atoms with E-state index in [1.54, 1.807) is 0 Å². The van der Waals surface area contributed by atoms with Crippen molar-refractivity contribution in [3.63, 3.8) is 0 Å².